The summed E-state index contributed by atoms with van der Waals surface area (Å²) in [6, 6.07) is 5.36. The summed E-state index contributed by atoms with van der Waals surface area (Å²) in [7, 11) is 0. The molecule has 0 atom stereocenters. The molecule has 0 spiro atoms. The third-order valence-corrected chi connectivity index (χ3v) is 5.66. The predicted molar refractivity (Wildman–Crippen MR) is 123 cm³/mol. The molecule has 0 radical (unpaired) electrons. The van der Waals surface area contributed by atoms with E-state index in [1.807, 2.05) is 6.07 Å². The second-order valence-corrected chi connectivity index (χ2v) is 8.39. The zero-order valence-electron chi connectivity index (χ0n) is 16.7. The Morgan fingerprint density at radius 3 is 2.82 bits per heavy atom. The molecule has 6 heteroatoms. The lowest BCUT2D eigenvalue weighted by Gasteiger charge is -2.14. The Labute approximate surface area is 182 Å². The number of thiocarbonyl (C=S) groups is 1. The summed E-state index contributed by atoms with van der Waals surface area (Å²) in [5.74, 6) is 0.541. The average molecular weight is 467 g/mol. The largest absolute Gasteiger partial charge is 0.492 e. The molecule has 1 amide bonds. The molecule has 1 aliphatic rings. The molecule has 1 aromatic carbocycles. The van der Waals surface area contributed by atoms with Crippen molar-refractivity contribution in [1.29, 1.82) is 0 Å². The highest BCUT2D eigenvalue weighted by atomic mass is 79.9. The van der Waals surface area contributed by atoms with Gasteiger partial charge in [0.15, 0.2) is 5.11 Å². The van der Waals surface area contributed by atoms with E-state index in [1.54, 1.807) is 12.1 Å². The lowest BCUT2D eigenvalue weighted by Crippen LogP contribution is -2.39. The zero-order chi connectivity index (χ0) is 20.2. The molecule has 0 saturated heterocycles. The SMILES string of the molecule is CCCCCCOc1ccc(C(=O)NC(=S)NCCC2=CCCCC2)cc1Br. The first kappa shape index (κ1) is 22.9. The number of carbonyl (C=O) groups is 1. The number of nitrogens with one attached hydrogen (secondary N) is 2. The van der Waals surface area contributed by atoms with Gasteiger partial charge in [-0.1, -0.05) is 37.8 Å². The molecule has 2 N–H and O–H groups in total. The Kier molecular flexibility index (Phi) is 10.6. The van der Waals surface area contributed by atoms with Crippen molar-refractivity contribution in [3.63, 3.8) is 0 Å². The lowest BCUT2D eigenvalue weighted by atomic mass is 9.97. The van der Waals surface area contributed by atoms with Crippen LogP contribution < -0.4 is 15.4 Å². The van der Waals surface area contributed by atoms with Crippen LogP contribution in [0.1, 0.15) is 75.1 Å². The molecule has 1 aliphatic carbocycles. The second-order valence-electron chi connectivity index (χ2n) is 7.12. The average Bonchev–Trinajstić information content (AvgIpc) is 2.69. The molecule has 28 heavy (non-hydrogen) atoms. The standard InChI is InChI=1S/C22H31BrN2O2S/c1-2-3-4-8-15-27-20-12-11-18(16-19(20)23)21(26)25-22(28)24-14-13-17-9-6-5-7-10-17/h9,11-12,16H,2-8,10,13-15H2,1H3,(H2,24,25,26,28). The summed E-state index contributed by atoms with van der Waals surface area (Å²) in [5.41, 5.74) is 2.03. The fraction of sp³-hybridized carbons (Fsp3) is 0.545. The van der Waals surface area contributed by atoms with E-state index in [9.17, 15) is 4.79 Å². The molecule has 4 nitrogen and oxygen atoms in total. The van der Waals surface area contributed by atoms with Gasteiger partial charge in [0.1, 0.15) is 5.75 Å². The van der Waals surface area contributed by atoms with Crippen LogP contribution in [0.3, 0.4) is 0 Å². The third-order valence-electron chi connectivity index (χ3n) is 4.79. The van der Waals surface area contributed by atoms with Crippen LogP contribution in [0.5, 0.6) is 5.75 Å². The first-order valence-electron chi connectivity index (χ1n) is 10.3. The van der Waals surface area contributed by atoms with Crippen LogP contribution >= 0.6 is 28.1 Å². The number of allylic oxidation sites excluding steroid dienone is 1. The molecule has 0 unspecified atom stereocenters. The molecule has 0 aromatic heterocycles. The van der Waals surface area contributed by atoms with Crippen molar-refractivity contribution >= 4 is 39.2 Å². The number of amides is 1. The first-order valence-corrected chi connectivity index (χ1v) is 11.5. The lowest BCUT2D eigenvalue weighted by molar-refractivity contribution is 0.0976. The van der Waals surface area contributed by atoms with Gasteiger partial charge >= 0.3 is 0 Å². The summed E-state index contributed by atoms with van der Waals surface area (Å²) in [6.07, 6.45) is 12.9. The van der Waals surface area contributed by atoms with Gasteiger partial charge in [-0.05, 0) is 84.9 Å². The number of ether oxygens (including phenoxy) is 1. The molecular weight excluding hydrogens is 436 g/mol. The van der Waals surface area contributed by atoms with Crippen LogP contribution in [-0.2, 0) is 0 Å². The molecular formula is C22H31BrN2O2S. The van der Waals surface area contributed by atoms with E-state index in [0.717, 1.165) is 29.6 Å². The van der Waals surface area contributed by atoms with E-state index in [2.05, 4.69) is 39.6 Å². The fourth-order valence-electron chi connectivity index (χ4n) is 3.16. The number of unbranched alkanes of at least 4 members (excludes halogenated alkanes) is 3. The molecule has 0 bridgehead atoms. The Hall–Kier alpha value is -1.40. The van der Waals surface area contributed by atoms with Crippen molar-refractivity contribution in [3.8, 4) is 5.75 Å². The topological polar surface area (TPSA) is 50.4 Å². The normalized spacial score (nSPS) is 13.6. The van der Waals surface area contributed by atoms with Crippen molar-refractivity contribution < 1.29 is 9.53 Å². The van der Waals surface area contributed by atoms with E-state index >= 15 is 0 Å². The van der Waals surface area contributed by atoms with Crippen LogP contribution in [0.25, 0.3) is 0 Å². The number of carbonyl (C=O) groups excluding carboxylic acids is 1. The number of halogens is 1. The van der Waals surface area contributed by atoms with Crippen LogP contribution in [-0.4, -0.2) is 24.2 Å². The maximum Gasteiger partial charge on any atom is 0.257 e. The molecule has 154 valence electrons. The first-order chi connectivity index (χ1) is 13.6. The third kappa shape index (κ3) is 8.31. The van der Waals surface area contributed by atoms with Crippen LogP contribution in [0.4, 0.5) is 0 Å². The molecule has 0 heterocycles. The van der Waals surface area contributed by atoms with Crippen molar-refractivity contribution in [2.75, 3.05) is 13.2 Å². The number of hydrogen-bond donors (Lipinski definition) is 2. The molecule has 0 saturated carbocycles. The summed E-state index contributed by atoms with van der Waals surface area (Å²) in [6.45, 7) is 3.63. The van der Waals surface area contributed by atoms with Gasteiger partial charge in [0.05, 0.1) is 11.1 Å². The van der Waals surface area contributed by atoms with Crippen molar-refractivity contribution in [1.82, 2.24) is 10.6 Å². The van der Waals surface area contributed by atoms with Crippen molar-refractivity contribution in [2.45, 2.75) is 64.7 Å². The minimum absolute atomic E-state index is 0.218. The smallest absolute Gasteiger partial charge is 0.257 e. The van der Waals surface area contributed by atoms with E-state index in [0.29, 0.717) is 17.3 Å². The van der Waals surface area contributed by atoms with Gasteiger partial charge in [0.2, 0.25) is 0 Å². The Bertz CT molecular complexity index is 691. The van der Waals surface area contributed by atoms with Crippen LogP contribution in [0.15, 0.2) is 34.3 Å². The van der Waals surface area contributed by atoms with E-state index in [4.69, 9.17) is 17.0 Å². The summed E-state index contributed by atoms with van der Waals surface area (Å²) in [4.78, 5) is 12.4. The molecule has 1 aromatic rings. The molecule has 2 rings (SSSR count). The van der Waals surface area contributed by atoms with Gasteiger partial charge in [0.25, 0.3) is 5.91 Å². The number of benzene rings is 1. The summed E-state index contributed by atoms with van der Waals surface area (Å²) >= 11 is 8.74. The highest BCUT2D eigenvalue weighted by molar-refractivity contribution is 9.10. The Balaban J connectivity index is 1.74. The van der Waals surface area contributed by atoms with Gasteiger partial charge in [-0.2, -0.15) is 0 Å². The van der Waals surface area contributed by atoms with E-state index in [-0.39, 0.29) is 5.91 Å². The Morgan fingerprint density at radius 2 is 2.11 bits per heavy atom. The predicted octanol–water partition coefficient (Wildman–Crippen LogP) is 5.90. The quantitative estimate of drug-likeness (QED) is 0.256. The van der Waals surface area contributed by atoms with E-state index < -0.39 is 0 Å². The molecule has 0 aliphatic heterocycles. The Morgan fingerprint density at radius 1 is 1.25 bits per heavy atom. The van der Waals surface area contributed by atoms with Gasteiger partial charge < -0.3 is 10.1 Å². The zero-order valence-corrected chi connectivity index (χ0v) is 19.1. The molecule has 0 fully saturated rings. The monoisotopic (exact) mass is 466 g/mol. The van der Waals surface area contributed by atoms with Gasteiger partial charge in [0, 0.05) is 12.1 Å². The minimum Gasteiger partial charge on any atom is -0.492 e. The summed E-state index contributed by atoms with van der Waals surface area (Å²) in [5, 5.41) is 6.24. The highest BCUT2D eigenvalue weighted by Gasteiger charge is 2.11. The minimum atomic E-state index is -0.218. The maximum absolute atomic E-state index is 12.4. The maximum atomic E-state index is 12.4. The van der Waals surface area contributed by atoms with Gasteiger partial charge in [-0.25, -0.2) is 0 Å². The summed E-state index contributed by atoms with van der Waals surface area (Å²) < 4.78 is 6.56. The van der Waals surface area contributed by atoms with E-state index in [1.165, 1.54) is 50.5 Å². The van der Waals surface area contributed by atoms with Crippen LogP contribution in [0, 0.1) is 0 Å². The number of hydrogen-bond acceptors (Lipinski definition) is 3. The second kappa shape index (κ2) is 12.9. The number of rotatable bonds is 10. The fourth-order valence-corrected chi connectivity index (χ4v) is 3.85. The van der Waals surface area contributed by atoms with Gasteiger partial charge in [-0.3, -0.25) is 10.1 Å². The van der Waals surface area contributed by atoms with Crippen molar-refractivity contribution in [3.05, 3.63) is 39.9 Å². The van der Waals surface area contributed by atoms with Crippen molar-refractivity contribution in [2.24, 2.45) is 0 Å². The highest BCUT2D eigenvalue weighted by Crippen LogP contribution is 2.26. The van der Waals surface area contributed by atoms with Gasteiger partial charge in [-0.15, -0.1) is 0 Å². The van der Waals surface area contributed by atoms with Crippen LogP contribution in [0.2, 0.25) is 0 Å².